The molecule has 0 atom stereocenters. The van der Waals surface area contributed by atoms with E-state index >= 15 is 0 Å². The quantitative estimate of drug-likeness (QED) is 0.615. The highest BCUT2D eigenvalue weighted by molar-refractivity contribution is 6.30. The zero-order chi connectivity index (χ0) is 11.4. The second kappa shape index (κ2) is 4.83. The Morgan fingerprint density at radius 1 is 1.27 bits per heavy atom. The zero-order valence-corrected chi connectivity index (χ0v) is 9.30. The largest absolute Gasteiger partial charge is 0.477 e. The summed E-state index contributed by atoms with van der Waals surface area (Å²) in [5.74, 6) is -0.955. The summed E-state index contributed by atoms with van der Waals surface area (Å²) in [6.07, 6.45) is 0. The van der Waals surface area contributed by atoms with Crippen LogP contribution in [0.25, 0.3) is 5.57 Å². The third-order valence-electron chi connectivity index (χ3n) is 1.97. The van der Waals surface area contributed by atoms with Crippen molar-refractivity contribution in [2.75, 3.05) is 0 Å². The Morgan fingerprint density at radius 3 is 2.27 bits per heavy atom. The van der Waals surface area contributed by atoms with Crippen LogP contribution in [-0.4, -0.2) is 11.1 Å². The Balaban J connectivity index is 3.14. The molecule has 15 heavy (non-hydrogen) atoms. The van der Waals surface area contributed by atoms with Gasteiger partial charge in [-0.15, -0.1) is 5.73 Å². The summed E-state index contributed by atoms with van der Waals surface area (Å²) < 4.78 is 0. The Kier molecular flexibility index (Phi) is 3.73. The third-order valence-corrected chi connectivity index (χ3v) is 2.23. The Hall–Kier alpha value is -1.50. The van der Waals surface area contributed by atoms with Crippen LogP contribution in [-0.2, 0) is 4.79 Å². The van der Waals surface area contributed by atoms with Crippen molar-refractivity contribution in [3.8, 4) is 0 Å². The highest BCUT2D eigenvalue weighted by Gasteiger charge is 1.99. The fourth-order valence-corrected chi connectivity index (χ4v) is 1.23. The molecule has 1 aromatic rings. The van der Waals surface area contributed by atoms with Crippen LogP contribution in [0.2, 0.25) is 5.02 Å². The fraction of sp³-hybridized carbons (Fsp3) is 0.167. The molecule has 1 aromatic carbocycles. The summed E-state index contributed by atoms with van der Waals surface area (Å²) in [6.45, 7) is 3.33. The molecular weight excluding hydrogens is 212 g/mol. The SMILES string of the molecule is CC(=C=C(C)c1ccc(Cl)cc1)C(=O)O. The zero-order valence-electron chi connectivity index (χ0n) is 8.54. The third kappa shape index (κ3) is 3.28. The van der Waals surface area contributed by atoms with E-state index in [1.165, 1.54) is 6.92 Å². The van der Waals surface area contributed by atoms with E-state index in [4.69, 9.17) is 16.7 Å². The molecule has 0 amide bonds. The van der Waals surface area contributed by atoms with E-state index in [0.29, 0.717) is 5.02 Å². The first-order valence-corrected chi connectivity index (χ1v) is 4.82. The summed E-state index contributed by atoms with van der Waals surface area (Å²) >= 11 is 5.74. The van der Waals surface area contributed by atoms with Gasteiger partial charge in [-0.25, -0.2) is 4.79 Å². The minimum absolute atomic E-state index is 0.197. The number of benzene rings is 1. The van der Waals surface area contributed by atoms with E-state index in [9.17, 15) is 4.79 Å². The second-order valence-electron chi connectivity index (χ2n) is 3.19. The molecule has 0 aliphatic rings. The van der Waals surface area contributed by atoms with Gasteiger partial charge in [0.05, 0.1) is 5.57 Å². The van der Waals surface area contributed by atoms with Gasteiger partial charge >= 0.3 is 5.97 Å². The molecule has 1 N–H and O–H groups in total. The lowest BCUT2D eigenvalue weighted by Gasteiger charge is -1.98. The van der Waals surface area contributed by atoms with Gasteiger partial charge in [0.1, 0.15) is 0 Å². The minimum atomic E-state index is -0.955. The first-order valence-electron chi connectivity index (χ1n) is 4.44. The van der Waals surface area contributed by atoms with Gasteiger partial charge in [-0.05, 0) is 37.1 Å². The molecule has 0 saturated heterocycles. The highest BCUT2D eigenvalue weighted by Crippen LogP contribution is 2.16. The molecule has 0 aliphatic carbocycles. The van der Waals surface area contributed by atoms with Crippen molar-refractivity contribution >= 4 is 23.1 Å². The lowest BCUT2D eigenvalue weighted by Crippen LogP contribution is -1.94. The fourth-order valence-electron chi connectivity index (χ4n) is 1.11. The molecule has 1 rings (SSSR count). The van der Waals surface area contributed by atoms with Crippen LogP contribution in [0.5, 0.6) is 0 Å². The second-order valence-corrected chi connectivity index (χ2v) is 3.62. The molecule has 78 valence electrons. The van der Waals surface area contributed by atoms with Gasteiger partial charge < -0.3 is 5.11 Å². The molecule has 0 aromatic heterocycles. The molecule has 2 nitrogen and oxygen atoms in total. The van der Waals surface area contributed by atoms with E-state index in [1.807, 2.05) is 19.1 Å². The molecule has 0 saturated carbocycles. The summed E-state index contributed by atoms with van der Waals surface area (Å²) in [6, 6.07) is 7.19. The van der Waals surface area contributed by atoms with Crippen LogP contribution >= 0.6 is 11.6 Å². The number of rotatable bonds is 2. The Labute approximate surface area is 93.5 Å². The topological polar surface area (TPSA) is 37.3 Å². The first-order chi connectivity index (χ1) is 7.00. The van der Waals surface area contributed by atoms with E-state index in [-0.39, 0.29) is 5.57 Å². The molecule has 0 radical (unpaired) electrons. The first kappa shape index (κ1) is 11.6. The van der Waals surface area contributed by atoms with Gasteiger partial charge in [-0.1, -0.05) is 23.7 Å². The molecular formula is C12H11ClO2. The van der Waals surface area contributed by atoms with Crippen LogP contribution in [0.15, 0.2) is 35.6 Å². The van der Waals surface area contributed by atoms with Crippen LogP contribution in [0, 0.1) is 0 Å². The van der Waals surface area contributed by atoms with Crippen molar-refractivity contribution in [1.29, 1.82) is 0 Å². The number of carbonyl (C=O) groups is 1. The standard InChI is InChI=1S/C12H11ClO2/c1-8(7-9(2)12(14)15)10-3-5-11(13)6-4-10/h3-6H,1-2H3,(H,14,15). The Bertz CT molecular complexity index is 437. The van der Waals surface area contributed by atoms with Crippen LogP contribution in [0.4, 0.5) is 0 Å². The van der Waals surface area contributed by atoms with Gasteiger partial charge in [-0.3, -0.25) is 0 Å². The number of carboxylic acids is 1. The monoisotopic (exact) mass is 222 g/mol. The van der Waals surface area contributed by atoms with E-state index in [1.54, 1.807) is 12.1 Å². The predicted molar refractivity (Wildman–Crippen MR) is 60.9 cm³/mol. The molecule has 3 heteroatoms. The van der Waals surface area contributed by atoms with Gasteiger partial charge in [0.15, 0.2) is 0 Å². The van der Waals surface area contributed by atoms with Crippen LogP contribution in [0.3, 0.4) is 0 Å². The maximum absolute atomic E-state index is 10.6. The molecule has 0 heterocycles. The van der Waals surface area contributed by atoms with Gasteiger partial charge in [-0.2, -0.15) is 0 Å². The molecule has 0 aliphatic heterocycles. The number of hydrogen-bond acceptors (Lipinski definition) is 1. The van der Waals surface area contributed by atoms with Crippen molar-refractivity contribution in [3.63, 3.8) is 0 Å². The number of aliphatic carboxylic acids is 1. The van der Waals surface area contributed by atoms with Crippen molar-refractivity contribution in [2.45, 2.75) is 13.8 Å². The lowest BCUT2D eigenvalue weighted by atomic mass is 10.1. The summed E-state index contributed by atoms with van der Waals surface area (Å²) in [5.41, 5.74) is 4.70. The van der Waals surface area contributed by atoms with Crippen molar-refractivity contribution < 1.29 is 9.90 Å². The van der Waals surface area contributed by atoms with E-state index in [2.05, 4.69) is 5.73 Å². The normalized spacial score (nSPS) is 9.27. The molecule has 0 spiro atoms. The molecule has 0 fully saturated rings. The summed E-state index contributed by atoms with van der Waals surface area (Å²) in [5, 5.41) is 9.35. The van der Waals surface area contributed by atoms with E-state index < -0.39 is 5.97 Å². The van der Waals surface area contributed by atoms with Gasteiger partial charge in [0.25, 0.3) is 0 Å². The molecule has 0 unspecified atom stereocenters. The Morgan fingerprint density at radius 2 is 1.80 bits per heavy atom. The van der Waals surface area contributed by atoms with Gasteiger partial charge in [0, 0.05) is 5.02 Å². The number of carboxylic acid groups (broad SMARTS) is 1. The van der Waals surface area contributed by atoms with Crippen molar-refractivity contribution in [2.24, 2.45) is 0 Å². The van der Waals surface area contributed by atoms with Gasteiger partial charge in [0.2, 0.25) is 0 Å². The minimum Gasteiger partial charge on any atom is -0.477 e. The summed E-state index contributed by atoms with van der Waals surface area (Å²) in [7, 11) is 0. The average molecular weight is 223 g/mol. The maximum Gasteiger partial charge on any atom is 0.339 e. The van der Waals surface area contributed by atoms with Crippen molar-refractivity contribution in [3.05, 3.63) is 46.2 Å². The number of hydrogen-bond donors (Lipinski definition) is 1. The summed E-state index contributed by atoms with van der Waals surface area (Å²) in [4.78, 5) is 10.6. The maximum atomic E-state index is 10.6. The highest BCUT2D eigenvalue weighted by atomic mass is 35.5. The smallest absolute Gasteiger partial charge is 0.339 e. The molecule has 0 bridgehead atoms. The van der Waals surface area contributed by atoms with Crippen LogP contribution < -0.4 is 0 Å². The van der Waals surface area contributed by atoms with Crippen LogP contribution in [0.1, 0.15) is 19.4 Å². The average Bonchev–Trinajstić information content (AvgIpc) is 2.18. The van der Waals surface area contributed by atoms with E-state index in [0.717, 1.165) is 11.1 Å². The number of halogens is 1. The predicted octanol–water partition coefficient (Wildman–Crippen LogP) is 3.37. The van der Waals surface area contributed by atoms with Crippen molar-refractivity contribution in [1.82, 2.24) is 0 Å². The lowest BCUT2D eigenvalue weighted by molar-refractivity contribution is -0.132.